The van der Waals surface area contributed by atoms with E-state index < -0.39 is 17.3 Å². The number of hydrogen-bond donors (Lipinski definition) is 1. The first-order chi connectivity index (χ1) is 5.39. The third-order valence-corrected chi connectivity index (χ3v) is 1.43. The molecule has 12 heavy (non-hydrogen) atoms. The normalized spacial score (nSPS) is 11.7. The molecular formula is C8H8F3N. The molecule has 0 saturated heterocycles. The molecule has 0 aliphatic heterocycles. The van der Waals surface area contributed by atoms with Crippen molar-refractivity contribution < 1.29 is 13.2 Å². The Morgan fingerprint density at radius 3 is 2.25 bits per heavy atom. The van der Waals surface area contributed by atoms with Crippen LogP contribution >= 0.6 is 0 Å². The summed E-state index contributed by atoms with van der Waals surface area (Å²) in [7, 11) is 0. The Kier molecular flexibility index (Phi) is 2.00. The topological polar surface area (TPSA) is 26.0 Å². The van der Waals surface area contributed by atoms with Crippen molar-refractivity contribution >= 4 is 5.69 Å². The maximum atomic E-state index is 12.6. The van der Waals surface area contributed by atoms with Gasteiger partial charge in [-0.05, 0) is 18.2 Å². The largest absolute Gasteiger partial charge is 0.399 e. The molecule has 0 aliphatic carbocycles. The zero-order valence-electron chi connectivity index (χ0n) is 6.44. The minimum absolute atomic E-state index is 0.00604. The first kappa shape index (κ1) is 8.90. The summed E-state index contributed by atoms with van der Waals surface area (Å²) < 4.78 is 37.7. The summed E-state index contributed by atoms with van der Waals surface area (Å²) in [4.78, 5) is 0. The predicted octanol–water partition coefficient (Wildman–Crippen LogP) is 2.52. The van der Waals surface area contributed by atoms with Crippen LogP contribution in [0, 0.1) is 5.82 Å². The maximum absolute atomic E-state index is 12.6. The molecule has 0 bridgehead atoms. The molecule has 0 unspecified atom stereocenters. The molecule has 0 fully saturated rings. The molecule has 0 amide bonds. The number of hydrogen-bond acceptors (Lipinski definition) is 1. The van der Waals surface area contributed by atoms with E-state index in [1.807, 2.05) is 0 Å². The first-order valence-electron chi connectivity index (χ1n) is 3.34. The van der Waals surface area contributed by atoms with Gasteiger partial charge in [-0.1, -0.05) is 0 Å². The van der Waals surface area contributed by atoms with Crippen LogP contribution in [0.1, 0.15) is 12.5 Å². The van der Waals surface area contributed by atoms with Gasteiger partial charge in [0.25, 0.3) is 5.92 Å². The summed E-state index contributed by atoms with van der Waals surface area (Å²) in [5.41, 5.74) is 4.79. The molecule has 0 atom stereocenters. The second-order valence-electron chi connectivity index (χ2n) is 2.66. The lowest BCUT2D eigenvalue weighted by Gasteiger charge is -2.10. The lowest BCUT2D eigenvalue weighted by Crippen LogP contribution is -2.08. The van der Waals surface area contributed by atoms with Gasteiger partial charge in [0.15, 0.2) is 0 Å². The summed E-state index contributed by atoms with van der Waals surface area (Å²) in [6.07, 6.45) is 0. The molecule has 2 N–H and O–H groups in total. The molecule has 0 aromatic heterocycles. The van der Waals surface area contributed by atoms with Gasteiger partial charge in [-0.3, -0.25) is 0 Å². The van der Waals surface area contributed by atoms with E-state index in [-0.39, 0.29) is 5.69 Å². The highest BCUT2D eigenvalue weighted by Gasteiger charge is 2.24. The van der Waals surface area contributed by atoms with E-state index in [4.69, 9.17) is 5.73 Å². The fourth-order valence-electron chi connectivity index (χ4n) is 0.866. The van der Waals surface area contributed by atoms with Gasteiger partial charge in [0.1, 0.15) is 5.82 Å². The van der Waals surface area contributed by atoms with Crippen LogP contribution in [0.2, 0.25) is 0 Å². The third-order valence-electron chi connectivity index (χ3n) is 1.43. The Morgan fingerprint density at radius 2 is 1.83 bits per heavy atom. The number of halogens is 3. The Hall–Kier alpha value is -1.19. The summed E-state index contributed by atoms with van der Waals surface area (Å²) in [5, 5.41) is 0. The molecule has 66 valence electrons. The molecule has 0 radical (unpaired) electrons. The van der Waals surface area contributed by atoms with Crippen molar-refractivity contribution in [2.24, 2.45) is 0 Å². The number of nitrogens with two attached hydrogens (primary N) is 1. The highest BCUT2D eigenvalue weighted by Crippen LogP contribution is 2.28. The molecule has 1 rings (SSSR count). The van der Waals surface area contributed by atoms with Crippen LogP contribution in [0.5, 0.6) is 0 Å². The van der Waals surface area contributed by atoms with Crippen LogP contribution in [0.15, 0.2) is 18.2 Å². The standard InChI is InChI=1S/C8H8F3N/c1-8(10,11)5-2-6(9)4-7(12)3-5/h2-4H,12H2,1H3. The molecule has 4 heteroatoms. The lowest BCUT2D eigenvalue weighted by atomic mass is 10.1. The quantitative estimate of drug-likeness (QED) is 0.652. The van der Waals surface area contributed by atoms with E-state index in [1.165, 1.54) is 0 Å². The Labute approximate surface area is 68.0 Å². The lowest BCUT2D eigenvalue weighted by molar-refractivity contribution is 0.0172. The van der Waals surface area contributed by atoms with E-state index >= 15 is 0 Å². The zero-order valence-corrected chi connectivity index (χ0v) is 6.44. The predicted molar refractivity (Wildman–Crippen MR) is 40.4 cm³/mol. The van der Waals surface area contributed by atoms with Crippen LogP contribution in [0.3, 0.4) is 0 Å². The minimum Gasteiger partial charge on any atom is -0.399 e. The van der Waals surface area contributed by atoms with Crippen molar-refractivity contribution in [3.05, 3.63) is 29.6 Å². The van der Waals surface area contributed by atoms with Crippen LogP contribution in [0.25, 0.3) is 0 Å². The maximum Gasteiger partial charge on any atom is 0.270 e. The van der Waals surface area contributed by atoms with E-state index in [2.05, 4.69) is 0 Å². The molecule has 1 aromatic rings. The smallest absolute Gasteiger partial charge is 0.270 e. The summed E-state index contributed by atoms with van der Waals surface area (Å²) in [6, 6.07) is 2.83. The average molecular weight is 175 g/mol. The van der Waals surface area contributed by atoms with Crippen LogP contribution in [0.4, 0.5) is 18.9 Å². The molecule has 1 aromatic carbocycles. The Balaban J connectivity index is 3.18. The molecule has 0 aliphatic rings. The molecule has 0 spiro atoms. The Bertz CT molecular complexity index is 271. The summed E-state index contributed by atoms with van der Waals surface area (Å²) >= 11 is 0. The van der Waals surface area contributed by atoms with Gasteiger partial charge in [-0.2, -0.15) is 0 Å². The van der Waals surface area contributed by atoms with E-state index in [1.54, 1.807) is 0 Å². The van der Waals surface area contributed by atoms with Gasteiger partial charge >= 0.3 is 0 Å². The first-order valence-corrected chi connectivity index (χ1v) is 3.34. The van der Waals surface area contributed by atoms with Gasteiger partial charge in [0.2, 0.25) is 0 Å². The average Bonchev–Trinajstić information content (AvgIpc) is 1.82. The third kappa shape index (κ3) is 1.90. The highest BCUT2D eigenvalue weighted by atomic mass is 19.3. The number of alkyl halides is 2. The summed E-state index contributed by atoms with van der Waals surface area (Å²) in [5.74, 6) is -3.79. The Morgan fingerprint density at radius 1 is 1.25 bits per heavy atom. The number of nitrogen functional groups attached to an aromatic ring is 1. The molecular weight excluding hydrogens is 167 g/mol. The van der Waals surface area contributed by atoms with Crippen molar-refractivity contribution in [2.45, 2.75) is 12.8 Å². The van der Waals surface area contributed by atoms with Crippen molar-refractivity contribution in [2.75, 3.05) is 5.73 Å². The van der Waals surface area contributed by atoms with Crippen molar-refractivity contribution in [1.29, 1.82) is 0 Å². The van der Waals surface area contributed by atoms with Gasteiger partial charge in [-0.15, -0.1) is 0 Å². The van der Waals surface area contributed by atoms with Gasteiger partial charge in [0, 0.05) is 18.2 Å². The van der Waals surface area contributed by atoms with E-state index in [0.29, 0.717) is 6.92 Å². The second kappa shape index (κ2) is 2.69. The number of anilines is 1. The fraction of sp³-hybridized carbons (Fsp3) is 0.250. The molecule has 1 nitrogen and oxygen atoms in total. The van der Waals surface area contributed by atoms with Crippen molar-refractivity contribution in [3.63, 3.8) is 0 Å². The minimum atomic E-state index is -3.05. The second-order valence-corrected chi connectivity index (χ2v) is 2.66. The van der Waals surface area contributed by atoms with E-state index in [9.17, 15) is 13.2 Å². The zero-order chi connectivity index (χ0) is 9.35. The van der Waals surface area contributed by atoms with Crippen LogP contribution in [-0.2, 0) is 5.92 Å². The monoisotopic (exact) mass is 175 g/mol. The van der Waals surface area contributed by atoms with Crippen molar-refractivity contribution in [3.8, 4) is 0 Å². The SMILES string of the molecule is CC(F)(F)c1cc(N)cc(F)c1. The highest BCUT2D eigenvalue weighted by molar-refractivity contribution is 5.42. The van der Waals surface area contributed by atoms with Crippen LogP contribution in [-0.4, -0.2) is 0 Å². The molecule has 0 heterocycles. The fourth-order valence-corrected chi connectivity index (χ4v) is 0.866. The van der Waals surface area contributed by atoms with Gasteiger partial charge < -0.3 is 5.73 Å². The van der Waals surface area contributed by atoms with E-state index in [0.717, 1.165) is 18.2 Å². The number of rotatable bonds is 1. The van der Waals surface area contributed by atoms with Gasteiger partial charge in [0.05, 0.1) is 0 Å². The van der Waals surface area contributed by atoms with Crippen LogP contribution < -0.4 is 5.73 Å². The molecule has 0 saturated carbocycles. The van der Waals surface area contributed by atoms with Gasteiger partial charge in [-0.25, -0.2) is 13.2 Å². The number of benzene rings is 1. The summed E-state index contributed by atoms with van der Waals surface area (Å²) in [6.45, 7) is 0.696. The van der Waals surface area contributed by atoms with Crippen molar-refractivity contribution in [1.82, 2.24) is 0 Å².